The summed E-state index contributed by atoms with van der Waals surface area (Å²) in [6.07, 6.45) is 0.851. The summed E-state index contributed by atoms with van der Waals surface area (Å²) in [5.41, 5.74) is 1.97. The molecule has 0 saturated heterocycles. The van der Waals surface area contributed by atoms with E-state index >= 15 is 0 Å². The zero-order valence-electron chi connectivity index (χ0n) is 10.7. The first-order chi connectivity index (χ1) is 7.40. The van der Waals surface area contributed by atoms with Crippen LogP contribution in [0, 0.1) is 0 Å². The maximum atomic E-state index is 12.1. The summed E-state index contributed by atoms with van der Waals surface area (Å²) in [5.74, 6) is 0.285. The maximum Gasteiger partial charge on any atom is 0.270 e. The van der Waals surface area contributed by atoms with Crippen LogP contribution >= 0.6 is 11.6 Å². The van der Waals surface area contributed by atoms with Crippen LogP contribution in [0.3, 0.4) is 0 Å². The number of pyridine rings is 1. The zero-order chi connectivity index (χ0) is 12.5. The fourth-order valence-electron chi connectivity index (χ4n) is 1.93. The highest BCUT2D eigenvalue weighted by molar-refractivity contribution is 6.31. The van der Waals surface area contributed by atoms with E-state index < -0.39 is 0 Å². The number of hydrogen-bond donors (Lipinski definition) is 0. The van der Waals surface area contributed by atoms with Crippen LogP contribution in [-0.4, -0.2) is 4.57 Å². The maximum absolute atomic E-state index is 12.1. The van der Waals surface area contributed by atoms with Crippen molar-refractivity contribution in [2.24, 2.45) is 0 Å². The third-order valence-corrected chi connectivity index (χ3v) is 3.17. The van der Waals surface area contributed by atoms with Crippen molar-refractivity contribution in [1.82, 2.24) is 4.57 Å². The molecule has 0 saturated carbocycles. The lowest BCUT2D eigenvalue weighted by atomic mass is 10.0. The van der Waals surface area contributed by atoms with E-state index in [1.807, 2.05) is 13.8 Å². The predicted molar refractivity (Wildman–Crippen MR) is 69.6 cm³/mol. The summed E-state index contributed by atoms with van der Waals surface area (Å²) in [5, 5.41) is 0.376. The van der Waals surface area contributed by atoms with Crippen molar-refractivity contribution in [3.63, 3.8) is 0 Å². The fourth-order valence-corrected chi connectivity index (χ4v) is 2.29. The van der Waals surface area contributed by atoms with Gasteiger partial charge in [-0.15, -0.1) is 0 Å². The van der Waals surface area contributed by atoms with Crippen LogP contribution < -0.4 is 5.56 Å². The summed E-state index contributed by atoms with van der Waals surface area (Å²) in [4.78, 5) is 12.1. The van der Waals surface area contributed by atoms with Crippen molar-refractivity contribution in [2.45, 2.75) is 53.0 Å². The SMILES string of the molecule is CCc1cc(C(C)C)c(Cl)c(=O)n1C(C)C. The highest BCUT2D eigenvalue weighted by Crippen LogP contribution is 2.23. The van der Waals surface area contributed by atoms with Gasteiger partial charge in [0.25, 0.3) is 5.56 Å². The number of hydrogen-bond acceptors (Lipinski definition) is 1. The van der Waals surface area contributed by atoms with Crippen molar-refractivity contribution in [3.05, 3.63) is 32.7 Å². The standard InChI is InChI=1S/C13H20ClNO/c1-6-10-7-11(8(2)3)12(14)13(16)15(10)9(4)5/h7-9H,6H2,1-5H3. The van der Waals surface area contributed by atoms with Crippen molar-refractivity contribution in [3.8, 4) is 0 Å². The van der Waals surface area contributed by atoms with Gasteiger partial charge in [-0.2, -0.15) is 0 Å². The van der Waals surface area contributed by atoms with Gasteiger partial charge in [0.05, 0.1) is 0 Å². The summed E-state index contributed by atoms with van der Waals surface area (Å²) in [7, 11) is 0. The van der Waals surface area contributed by atoms with E-state index in [1.165, 1.54) is 0 Å². The Kier molecular flexibility index (Phi) is 4.20. The molecule has 0 aromatic carbocycles. The number of halogens is 1. The third kappa shape index (κ3) is 2.32. The van der Waals surface area contributed by atoms with Crippen LogP contribution in [0.15, 0.2) is 10.9 Å². The van der Waals surface area contributed by atoms with Gasteiger partial charge in [0.1, 0.15) is 5.02 Å². The number of aryl methyl sites for hydroxylation is 1. The second-order valence-electron chi connectivity index (χ2n) is 4.68. The molecule has 1 heterocycles. The van der Waals surface area contributed by atoms with Crippen LogP contribution in [0.4, 0.5) is 0 Å². The summed E-state index contributed by atoms with van der Waals surface area (Å²) < 4.78 is 1.79. The van der Waals surface area contributed by atoms with E-state index in [2.05, 4.69) is 26.8 Å². The van der Waals surface area contributed by atoms with Gasteiger partial charge >= 0.3 is 0 Å². The Morgan fingerprint density at radius 2 is 1.88 bits per heavy atom. The van der Waals surface area contributed by atoms with Crippen molar-refractivity contribution < 1.29 is 0 Å². The Labute approximate surface area is 102 Å². The lowest BCUT2D eigenvalue weighted by molar-refractivity contribution is 0.550. The summed E-state index contributed by atoms with van der Waals surface area (Å²) in [6.45, 7) is 10.2. The minimum atomic E-state index is -0.0558. The topological polar surface area (TPSA) is 22.0 Å². The molecule has 0 bridgehead atoms. The highest BCUT2D eigenvalue weighted by Gasteiger charge is 2.15. The largest absolute Gasteiger partial charge is 0.309 e. The van der Waals surface area contributed by atoms with E-state index in [-0.39, 0.29) is 17.5 Å². The quantitative estimate of drug-likeness (QED) is 0.790. The third-order valence-electron chi connectivity index (χ3n) is 2.79. The first-order valence-electron chi connectivity index (χ1n) is 5.83. The number of aromatic nitrogens is 1. The molecule has 2 nitrogen and oxygen atoms in total. The Morgan fingerprint density at radius 3 is 2.25 bits per heavy atom. The predicted octanol–water partition coefficient (Wildman–Crippen LogP) is 3.77. The smallest absolute Gasteiger partial charge is 0.270 e. The van der Waals surface area contributed by atoms with E-state index in [4.69, 9.17) is 11.6 Å². The molecule has 0 unspecified atom stereocenters. The second kappa shape index (κ2) is 5.05. The zero-order valence-corrected chi connectivity index (χ0v) is 11.4. The molecule has 0 radical (unpaired) electrons. The van der Waals surface area contributed by atoms with Gasteiger partial charge in [0.15, 0.2) is 0 Å². The number of nitrogens with zero attached hydrogens (tertiary/aromatic N) is 1. The number of rotatable bonds is 3. The molecule has 0 aliphatic carbocycles. The van der Waals surface area contributed by atoms with Gasteiger partial charge in [-0.25, -0.2) is 0 Å². The van der Waals surface area contributed by atoms with Crippen molar-refractivity contribution in [2.75, 3.05) is 0 Å². The van der Waals surface area contributed by atoms with Gasteiger partial charge in [0, 0.05) is 11.7 Å². The van der Waals surface area contributed by atoms with Gasteiger partial charge in [0.2, 0.25) is 0 Å². The lowest BCUT2D eigenvalue weighted by Crippen LogP contribution is -2.26. The van der Waals surface area contributed by atoms with Gasteiger partial charge in [-0.3, -0.25) is 4.79 Å². The monoisotopic (exact) mass is 241 g/mol. The van der Waals surface area contributed by atoms with Gasteiger partial charge < -0.3 is 4.57 Å². The molecular formula is C13H20ClNO. The Hall–Kier alpha value is -0.760. The van der Waals surface area contributed by atoms with E-state index in [1.54, 1.807) is 4.57 Å². The average molecular weight is 242 g/mol. The van der Waals surface area contributed by atoms with Crippen LogP contribution in [0.1, 0.15) is 57.8 Å². The Balaban J connectivity index is 3.56. The van der Waals surface area contributed by atoms with Gasteiger partial charge in [-0.1, -0.05) is 32.4 Å². The fraction of sp³-hybridized carbons (Fsp3) is 0.615. The van der Waals surface area contributed by atoms with Crippen molar-refractivity contribution >= 4 is 11.6 Å². The molecule has 0 N–H and O–H groups in total. The molecule has 0 amide bonds. The average Bonchev–Trinajstić information content (AvgIpc) is 2.20. The first-order valence-corrected chi connectivity index (χ1v) is 6.21. The minimum Gasteiger partial charge on any atom is -0.309 e. The van der Waals surface area contributed by atoms with Crippen LogP contribution in [0.2, 0.25) is 5.02 Å². The molecule has 0 atom stereocenters. The molecule has 0 aliphatic rings. The highest BCUT2D eigenvalue weighted by atomic mass is 35.5. The van der Waals surface area contributed by atoms with Crippen LogP contribution in [0.25, 0.3) is 0 Å². The van der Waals surface area contributed by atoms with Crippen LogP contribution in [0.5, 0.6) is 0 Å². The first kappa shape index (κ1) is 13.3. The molecule has 1 aromatic heterocycles. The van der Waals surface area contributed by atoms with Gasteiger partial charge in [-0.05, 0) is 37.8 Å². The normalized spacial score (nSPS) is 11.5. The molecule has 1 aromatic rings. The molecular weight excluding hydrogens is 222 g/mol. The van der Waals surface area contributed by atoms with E-state index in [9.17, 15) is 4.79 Å². The molecule has 0 aliphatic heterocycles. The molecule has 1 rings (SSSR count). The lowest BCUT2D eigenvalue weighted by Gasteiger charge is -2.19. The molecule has 0 fully saturated rings. The Morgan fingerprint density at radius 1 is 1.31 bits per heavy atom. The molecule has 16 heavy (non-hydrogen) atoms. The minimum absolute atomic E-state index is 0.0558. The van der Waals surface area contributed by atoms with Crippen LogP contribution in [-0.2, 0) is 6.42 Å². The van der Waals surface area contributed by atoms with Crippen molar-refractivity contribution in [1.29, 1.82) is 0 Å². The van der Waals surface area contributed by atoms with E-state index in [0.717, 1.165) is 17.7 Å². The Bertz CT molecular complexity index is 432. The molecule has 90 valence electrons. The summed E-state index contributed by atoms with van der Waals surface area (Å²) in [6, 6.07) is 2.22. The van der Waals surface area contributed by atoms with E-state index in [0.29, 0.717) is 5.02 Å². The second-order valence-corrected chi connectivity index (χ2v) is 5.06. The molecule has 3 heteroatoms. The molecule has 0 spiro atoms. The summed E-state index contributed by atoms with van der Waals surface area (Å²) >= 11 is 6.13.